The maximum absolute atomic E-state index is 13.5. The number of benzene rings is 1. The Bertz CT molecular complexity index is 348. The second-order valence-electron chi connectivity index (χ2n) is 4.92. The lowest BCUT2D eigenvalue weighted by Gasteiger charge is -2.14. The largest absolute Gasteiger partial charge is 0.324 e. The monoisotopic (exact) mass is 236 g/mol. The van der Waals surface area contributed by atoms with Gasteiger partial charge in [0.2, 0.25) is 0 Å². The van der Waals surface area contributed by atoms with Crippen LogP contribution in [0.15, 0.2) is 24.3 Å². The van der Waals surface area contributed by atoms with Crippen LogP contribution in [0.5, 0.6) is 0 Å². The summed E-state index contributed by atoms with van der Waals surface area (Å²) in [6.45, 7) is 2.28. The smallest absolute Gasteiger partial charge is 0.127 e. The average molecular weight is 236 g/mol. The van der Waals surface area contributed by atoms with Crippen LogP contribution in [0.25, 0.3) is 0 Å². The first-order valence-corrected chi connectivity index (χ1v) is 6.48. The molecular formula is C14H21FN2. The van der Waals surface area contributed by atoms with Crippen LogP contribution in [0.1, 0.15) is 37.3 Å². The number of halogens is 1. The molecule has 0 bridgehead atoms. The summed E-state index contributed by atoms with van der Waals surface area (Å²) in [6.07, 6.45) is 4.43. The van der Waals surface area contributed by atoms with E-state index in [-0.39, 0.29) is 11.9 Å². The highest BCUT2D eigenvalue weighted by molar-refractivity contribution is 5.20. The first-order chi connectivity index (χ1) is 8.27. The van der Waals surface area contributed by atoms with Gasteiger partial charge >= 0.3 is 0 Å². The lowest BCUT2D eigenvalue weighted by molar-refractivity contribution is 0.468. The molecule has 17 heavy (non-hydrogen) atoms. The molecule has 0 spiro atoms. The maximum atomic E-state index is 13.5. The molecule has 1 unspecified atom stereocenters. The van der Waals surface area contributed by atoms with Crippen LogP contribution in [-0.4, -0.2) is 13.1 Å². The fourth-order valence-corrected chi connectivity index (χ4v) is 2.52. The molecule has 1 saturated heterocycles. The lowest BCUT2D eigenvalue weighted by Crippen LogP contribution is -2.13. The number of hydrogen-bond acceptors (Lipinski definition) is 2. The summed E-state index contributed by atoms with van der Waals surface area (Å²) in [4.78, 5) is 0. The normalized spacial score (nSPS) is 21.6. The van der Waals surface area contributed by atoms with Crippen molar-refractivity contribution >= 4 is 0 Å². The summed E-state index contributed by atoms with van der Waals surface area (Å²) in [7, 11) is 0. The molecule has 1 aliphatic heterocycles. The van der Waals surface area contributed by atoms with Crippen molar-refractivity contribution < 1.29 is 4.39 Å². The summed E-state index contributed by atoms with van der Waals surface area (Å²) in [5.41, 5.74) is 6.68. The minimum Gasteiger partial charge on any atom is -0.324 e. The van der Waals surface area contributed by atoms with Crippen molar-refractivity contribution in [2.45, 2.75) is 31.7 Å². The van der Waals surface area contributed by atoms with E-state index in [1.54, 1.807) is 12.1 Å². The maximum Gasteiger partial charge on any atom is 0.127 e. The van der Waals surface area contributed by atoms with Gasteiger partial charge in [0.15, 0.2) is 0 Å². The Kier molecular flexibility index (Phi) is 4.51. The summed E-state index contributed by atoms with van der Waals surface area (Å²) in [5, 5.41) is 3.36. The SMILES string of the molecule is NC(CCC[C@@H]1CCNC1)c1ccccc1F. The molecule has 3 N–H and O–H groups in total. The molecule has 1 aromatic carbocycles. The zero-order valence-electron chi connectivity index (χ0n) is 10.2. The zero-order valence-corrected chi connectivity index (χ0v) is 10.2. The molecule has 0 radical (unpaired) electrons. The van der Waals surface area contributed by atoms with Crippen LogP contribution in [0, 0.1) is 11.7 Å². The summed E-state index contributed by atoms with van der Waals surface area (Å²) >= 11 is 0. The van der Waals surface area contributed by atoms with Crippen LogP contribution in [0.3, 0.4) is 0 Å². The molecule has 0 amide bonds. The van der Waals surface area contributed by atoms with Gasteiger partial charge in [0, 0.05) is 11.6 Å². The van der Waals surface area contributed by atoms with Crippen molar-refractivity contribution in [1.29, 1.82) is 0 Å². The fraction of sp³-hybridized carbons (Fsp3) is 0.571. The fourth-order valence-electron chi connectivity index (χ4n) is 2.52. The predicted molar refractivity (Wildman–Crippen MR) is 68.2 cm³/mol. The van der Waals surface area contributed by atoms with E-state index in [9.17, 15) is 4.39 Å². The van der Waals surface area contributed by atoms with Crippen molar-refractivity contribution in [2.75, 3.05) is 13.1 Å². The Hall–Kier alpha value is -0.930. The van der Waals surface area contributed by atoms with E-state index in [1.807, 2.05) is 6.07 Å². The molecule has 2 rings (SSSR count). The van der Waals surface area contributed by atoms with Crippen molar-refractivity contribution in [1.82, 2.24) is 5.32 Å². The standard InChI is InChI=1S/C14H21FN2/c15-13-6-2-1-5-12(13)14(16)7-3-4-11-8-9-17-10-11/h1-2,5-6,11,14,17H,3-4,7-10,16H2/t11-,14?/m1/s1. The second-order valence-corrected chi connectivity index (χ2v) is 4.92. The van der Waals surface area contributed by atoms with E-state index >= 15 is 0 Å². The molecule has 2 nitrogen and oxygen atoms in total. The Balaban J connectivity index is 1.77. The summed E-state index contributed by atoms with van der Waals surface area (Å²) in [5.74, 6) is 0.616. The first-order valence-electron chi connectivity index (χ1n) is 6.48. The van der Waals surface area contributed by atoms with Crippen LogP contribution in [-0.2, 0) is 0 Å². The second kappa shape index (κ2) is 6.12. The van der Waals surface area contributed by atoms with Crippen LogP contribution >= 0.6 is 0 Å². The Morgan fingerprint density at radius 3 is 2.94 bits per heavy atom. The van der Waals surface area contributed by atoms with Gasteiger partial charge < -0.3 is 11.1 Å². The van der Waals surface area contributed by atoms with Crippen molar-refractivity contribution in [3.05, 3.63) is 35.6 Å². The predicted octanol–water partition coefficient (Wildman–Crippen LogP) is 2.61. The van der Waals surface area contributed by atoms with Gasteiger partial charge in [0.05, 0.1) is 0 Å². The van der Waals surface area contributed by atoms with Gasteiger partial charge in [-0.05, 0) is 44.3 Å². The van der Waals surface area contributed by atoms with Crippen LogP contribution in [0.2, 0.25) is 0 Å². The molecule has 94 valence electrons. The Morgan fingerprint density at radius 2 is 2.24 bits per heavy atom. The van der Waals surface area contributed by atoms with Gasteiger partial charge in [-0.3, -0.25) is 0 Å². The topological polar surface area (TPSA) is 38.0 Å². The van der Waals surface area contributed by atoms with E-state index in [0.29, 0.717) is 5.56 Å². The van der Waals surface area contributed by atoms with Crippen LogP contribution in [0.4, 0.5) is 4.39 Å². The molecule has 0 saturated carbocycles. The summed E-state index contributed by atoms with van der Waals surface area (Å²) in [6, 6.07) is 6.66. The molecule has 1 heterocycles. The van der Waals surface area contributed by atoms with E-state index in [1.165, 1.54) is 18.9 Å². The highest BCUT2D eigenvalue weighted by Gasteiger charge is 2.15. The average Bonchev–Trinajstić information content (AvgIpc) is 2.82. The molecule has 3 heteroatoms. The third-order valence-electron chi connectivity index (χ3n) is 3.59. The highest BCUT2D eigenvalue weighted by Crippen LogP contribution is 2.22. The van der Waals surface area contributed by atoms with Gasteiger partial charge in [-0.2, -0.15) is 0 Å². The number of nitrogens with two attached hydrogens (primary N) is 1. The minimum absolute atomic E-state index is 0.162. The third kappa shape index (κ3) is 3.51. The van der Waals surface area contributed by atoms with E-state index < -0.39 is 0 Å². The molecule has 2 atom stereocenters. The molecule has 0 aromatic heterocycles. The van der Waals surface area contributed by atoms with Gasteiger partial charge in [-0.25, -0.2) is 4.39 Å². The number of rotatable bonds is 5. The van der Waals surface area contributed by atoms with Gasteiger partial charge in [-0.1, -0.05) is 24.6 Å². The number of hydrogen-bond donors (Lipinski definition) is 2. The molecular weight excluding hydrogens is 215 g/mol. The van der Waals surface area contributed by atoms with E-state index in [0.717, 1.165) is 31.8 Å². The molecule has 1 aliphatic rings. The van der Waals surface area contributed by atoms with Gasteiger partial charge in [0.1, 0.15) is 5.82 Å². The van der Waals surface area contributed by atoms with Crippen molar-refractivity contribution in [3.8, 4) is 0 Å². The quantitative estimate of drug-likeness (QED) is 0.824. The van der Waals surface area contributed by atoms with E-state index in [4.69, 9.17) is 5.73 Å². The minimum atomic E-state index is -0.178. The lowest BCUT2D eigenvalue weighted by atomic mass is 9.96. The molecule has 0 aliphatic carbocycles. The Morgan fingerprint density at radius 1 is 1.41 bits per heavy atom. The highest BCUT2D eigenvalue weighted by atomic mass is 19.1. The van der Waals surface area contributed by atoms with Crippen molar-refractivity contribution in [2.24, 2.45) is 11.7 Å². The third-order valence-corrected chi connectivity index (χ3v) is 3.59. The zero-order chi connectivity index (χ0) is 12.1. The first kappa shape index (κ1) is 12.5. The summed E-state index contributed by atoms with van der Waals surface area (Å²) < 4.78 is 13.5. The van der Waals surface area contributed by atoms with Crippen molar-refractivity contribution in [3.63, 3.8) is 0 Å². The Labute approximate surface area is 102 Å². The molecule has 1 aromatic rings. The number of nitrogens with one attached hydrogen (secondary N) is 1. The van der Waals surface area contributed by atoms with Gasteiger partial charge in [0.25, 0.3) is 0 Å². The van der Waals surface area contributed by atoms with Crippen LogP contribution < -0.4 is 11.1 Å². The molecule has 1 fully saturated rings. The van der Waals surface area contributed by atoms with E-state index in [2.05, 4.69) is 5.32 Å². The van der Waals surface area contributed by atoms with Gasteiger partial charge in [-0.15, -0.1) is 0 Å².